The Morgan fingerprint density at radius 2 is 1.23 bits per heavy atom. The van der Waals surface area contributed by atoms with E-state index in [1.165, 1.54) is 53.1 Å². The van der Waals surface area contributed by atoms with Crippen LogP contribution in [0.25, 0.3) is 45.0 Å². The van der Waals surface area contributed by atoms with Crippen LogP contribution in [0.1, 0.15) is 111 Å². The van der Waals surface area contributed by atoms with Gasteiger partial charge >= 0.3 is 71.1 Å². The van der Waals surface area contributed by atoms with Crippen LogP contribution in [-0.4, -0.2) is 130 Å². The zero-order chi connectivity index (χ0) is 72.5. The summed E-state index contributed by atoms with van der Waals surface area (Å²) in [5.41, 5.74) is 6.27. The van der Waals surface area contributed by atoms with Gasteiger partial charge in [-0.1, -0.05) is 145 Å². The number of ether oxygens (including phenoxy) is 3. The minimum absolute atomic E-state index is 0. The third-order valence-electron chi connectivity index (χ3n) is 17.4. The maximum Gasteiger partial charge on any atom is 1.00 e. The number of carboxylic acid groups (broad SMARTS) is 4. The number of fused-ring (bicyclic) bond motifs is 3. The van der Waals surface area contributed by atoms with Crippen molar-refractivity contribution in [1.82, 2.24) is 14.8 Å². The Hall–Kier alpha value is -7.68. The molecule has 2 atom stereocenters. The van der Waals surface area contributed by atoms with E-state index in [1.54, 1.807) is 0 Å². The topological polar surface area (TPSA) is 303 Å². The van der Waals surface area contributed by atoms with Gasteiger partial charge in [-0.15, -0.1) is 0 Å². The number of carbonyl (C=O) groups is 4. The van der Waals surface area contributed by atoms with Crippen molar-refractivity contribution < 1.29 is 132 Å². The summed E-state index contributed by atoms with van der Waals surface area (Å²) in [7, 11) is 0. The molecule has 104 heavy (non-hydrogen) atoms. The van der Waals surface area contributed by atoms with Crippen LogP contribution in [0.3, 0.4) is 0 Å². The first-order valence-corrected chi connectivity index (χ1v) is 34.8. The van der Waals surface area contributed by atoms with Crippen LogP contribution in [0.5, 0.6) is 11.5 Å². The molecule has 530 valence electrons. The number of halogens is 2. The number of aliphatic carboxylic acids is 2. The van der Waals surface area contributed by atoms with Gasteiger partial charge in [-0.3, -0.25) is 24.2 Å². The number of piperazine rings is 1. The second-order valence-electron chi connectivity index (χ2n) is 25.4. The SMILES string of the molecule is CC(C)(O)c1ccccc1CC[C@@H](SCC1(CC(=O)O)CC1)c1cccc(/C=C/c2ccc3ccc(Cl)cc3n2)c1.O=C(O)COCCN1CCN([C@H](c2ccccc2)c2ccc(Cl)cc2)CC1.O=C([O-])c1cc(=O)c2c(OCC(O)COc3cccc4oc(C(=O)[O-])cc(=O)c34)cccc2o1.[Na+].[Na+]. The normalized spacial score (nSPS) is 14.1. The zero-order valence-corrected chi connectivity index (χ0v) is 64.2. The summed E-state index contributed by atoms with van der Waals surface area (Å²) in [6, 6.07) is 55.4. The van der Waals surface area contributed by atoms with E-state index in [1.807, 2.05) is 92.3 Å². The van der Waals surface area contributed by atoms with Gasteiger partial charge in [0.1, 0.15) is 71.3 Å². The average molecular weight is 1490 g/mol. The molecule has 2 fully saturated rings. The number of aliphatic hydroxyl groups excluding tert-OH is 1. The van der Waals surface area contributed by atoms with E-state index in [4.69, 9.17) is 56.3 Å². The number of aromatic carboxylic acids is 2. The van der Waals surface area contributed by atoms with Crippen LogP contribution in [0.15, 0.2) is 200 Å². The molecule has 0 bridgehead atoms. The average Bonchev–Trinajstić information content (AvgIpc) is 1.25. The van der Waals surface area contributed by atoms with E-state index in [2.05, 4.69) is 88.7 Å². The van der Waals surface area contributed by atoms with Crippen LogP contribution in [0.2, 0.25) is 10.0 Å². The number of thioether (sulfide) groups is 1. The van der Waals surface area contributed by atoms with Crippen LogP contribution in [-0.2, 0) is 26.3 Å². The predicted octanol–water partition coefficient (Wildman–Crippen LogP) is 5.55. The fourth-order valence-electron chi connectivity index (χ4n) is 12.1. The molecular weight excluding hydrogens is 1410 g/mol. The molecule has 0 radical (unpaired) electrons. The Labute approximate surface area is 658 Å². The van der Waals surface area contributed by atoms with Gasteiger partial charge in [0.05, 0.1) is 35.9 Å². The predicted molar refractivity (Wildman–Crippen MR) is 388 cm³/mol. The van der Waals surface area contributed by atoms with Gasteiger partial charge < -0.3 is 63.3 Å². The first-order valence-electron chi connectivity index (χ1n) is 33.0. The molecule has 1 aliphatic carbocycles. The summed E-state index contributed by atoms with van der Waals surface area (Å²) >= 11 is 14.1. The summed E-state index contributed by atoms with van der Waals surface area (Å²) in [6.45, 7) is 7.76. The fraction of sp³-hybridized carbons (Fsp3) is 0.278. The minimum atomic E-state index is -1.64. The monoisotopic (exact) mass is 1490 g/mol. The molecular formula is C79H75Cl2N3Na2O17S. The van der Waals surface area contributed by atoms with Crippen LogP contribution >= 0.6 is 35.0 Å². The van der Waals surface area contributed by atoms with Crippen molar-refractivity contribution in [2.75, 3.05) is 64.9 Å². The number of aromatic nitrogens is 1. The van der Waals surface area contributed by atoms with Gasteiger partial charge in [0, 0.05) is 71.3 Å². The number of nitrogens with zero attached hydrogens (tertiary/aromatic N) is 3. The third-order valence-corrected chi connectivity index (χ3v) is 19.6. The molecule has 0 spiro atoms. The second kappa shape index (κ2) is 38.5. The Morgan fingerprint density at radius 3 is 1.82 bits per heavy atom. The van der Waals surface area contributed by atoms with Gasteiger partial charge in [-0.25, -0.2) is 9.78 Å². The molecule has 1 aliphatic heterocycles. The molecule has 20 nitrogen and oxygen atoms in total. The van der Waals surface area contributed by atoms with E-state index in [-0.39, 0.29) is 136 Å². The van der Waals surface area contributed by atoms with Crippen molar-refractivity contribution in [1.29, 1.82) is 0 Å². The Kier molecular flexibility index (Phi) is 30.4. The summed E-state index contributed by atoms with van der Waals surface area (Å²) < 4.78 is 26.4. The molecule has 1 saturated carbocycles. The van der Waals surface area contributed by atoms with Gasteiger partial charge in [-0.2, -0.15) is 11.8 Å². The van der Waals surface area contributed by atoms with Crippen molar-refractivity contribution in [2.45, 2.75) is 68.9 Å². The quantitative estimate of drug-likeness (QED) is 0.0345. The number of aliphatic hydroxyl groups is 2. The molecule has 0 unspecified atom stereocenters. The largest absolute Gasteiger partial charge is 1.00 e. The molecule has 7 aromatic carbocycles. The number of benzene rings is 7. The van der Waals surface area contributed by atoms with Gasteiger partial charge in [0.25, 0.3) is 0 Å². The molecule has 1 saturated heterocycles. The van der Waals surface area contributed by atoms with E-state index < -0.39 is 58.0 Å². The number of rotatable bonds is 28. The summed E-state index contributed by atoms with van der Waals surface area (Å²) in [5, 5.41) is 63.6. The standard InChI is InChI=1S/C35H36ClNO3S.C23H16O11.C21H25ClN2O3.2Na/c1-34(2,40)30-9-4-3-7-25(30)13-17-32(41-23-35(18-19-35)22-33(38)39)27-8-5-6-24(20-27)10-15-29-16-12-26-11-14-28(36)21-31(26)37-29;24-11(9-31-14-3-1-5-16-20(14)12(25)7-18(33-16)22(27)28)10-32-15-4-2-6-17-21(15)13(26)8-19(34-17)23(29)30;22-19-8-6-18(7-9-19)21(17-4-2-1-3-5-17)24-12-10-23(11-13-24)14-15-27-16-20(25)26;;/h3-12,14-16,20-21,32,40H,13,17-19,22-23H2,1-2H3,(H,38,39);1-8,11,24H,9-10H2,(H,27,28)(H,29,30);1-9,21H,10-16H2,(H,25,26);;/q;;;2*+1/p-2/b15-10+;;;;/t32-;;21-;;/m1.1../s1. The minimum Gasteiger partial charge on any atom is -0.542 e. The summed E-state index contributed by atoms with van der Waals surface area (Å²) in [6.07, 6.45) is 6.80. The second-order valence-corrected chi connectivity index (χ2v) is 27.5. The zero-order valence-electron chi connectivity index (χ0n) is 57.9. The first kappa shape index (κ1) is 82.0. The molecule has 2 aliphatic rings. The molecule has 3 aromatic heterocycles. The first-order chi connectivity index (χ1) is 49.0. The number of hydrogen-bond donors (Lipinski definition) is 4. The van der Waals surface area contributed by atoms with E-state index >= 15 is 0 Å². The van der Waals surface area contributed by atoms with Crippen LogP contribution < -0.4 is 89.7 Å². The number of pyridine rings is 1. The molecule has 0 amide bonds. The van der Waals surface area contributed by atoms with Gasteiger partial charge in [-0.05, 0) is 139 Å². The molecule has 10 aromatic rings. The Bertz CT molecular complexity index is 4640. The van der Waals surface area contributed by atoms with E-state index in [0.29, 0.717) is 11.6 Å². The molecule has 4 heterocycles. The molecule has 4 N–H and O–H groups in total. The number of aryl methyl sites for hydroxylation is 1. The maximum absolute atomic E-state index is 12.3. The summed E-state index contributed by atoms with van der Waals surface area (Å²) in [4.78, 5) is 78.1. The fourth-order valence-corrected chi connectivity index (χ4v) is 13.9. The smallest absolute Gasteiger partial charge is 0.542 e. The molecule has 25 heteroatoms. The molecule has 12 rings (SSSR count). The Balaban J connectivity index is 0.000000200. The van der Waals surface area contributed by atoms with Crippen molar-refractivity contribution in [3.8, 4) is 11.5 Å². The van der Waals surface area contributed by atoms with Gasteiger partial charge in [0.15, 0.2) is 22.4 Å². The van der Waals surface area contributed by atoms with Crippen molar-refractivity contribution in [3.05, 3.63) is 263 Å². The maximum atomic E-state index is 12.3. The van der Waals surface area contributed by atoms with Crippen molar-refractivity contribution >= 4 is 104 Å². The van der Waals surface area contributed by atoms with Gasteiger partial charge in [0.2, 0.25) is 0 Å². The van der Waals surface area contributed by atoms with Crippen LogP contribution in [0, 0.1) is 5.41 Å². The number of carboxylic acids is 4. The van der Waals surface area contributed by atoms with Crippen LogP contribution in [0.4, 0.5) is 0 Å². The van der Waals surface area contributed by atoms with E-state index in [9.17, 15) is 54.3 Å². The van der Waals surface area contributed by atoms with Crippen molar-refractivity contribution in [3.63, 3.8) is 0 Å². The van der Waals surface area contributed by atoms with E-state index in [0.717, 1.165) is 115 Å². The summed E-state index contributed by atoms with van der Waals surface area (Å²) in [5.74, 6) is -5.24. The Morgan fingerprint density at radius 1 is 0.663 bits per heavy atom. The number of carbonyl (C=O) groups excluding carboxylic acids is 2. The third kappa shape index (κ3) is 23.2. The number of hydrogen-bond acceptors (Lipinski definition) is 19. The van der Waals surface area contributed by atoms with Crippen molar-refractivity contribution in [2.24, 2.45) is 5.41 Å².